The van der Waals surface area contributed by atoms with Crippen molar-refractivity contribution in [1.82, 2.24) is 20.2 Å². The van der Waals surface area contributed by atoms with Crippen LogP contribution in [0.2, 0.25) is 0 Å². The minimum Gasteiger partial charge on any atom is -0.490 e. The smallest absolute Gasteiger partial charge is 0.243 e. The molecule has 2 heterocycles. The van der Waals surface area contributed by atoms with Gasteiger partial charge >= 0.3 is 0 Å². The standard InChI is InChI=1S/C28H34N6O3/c1-4-36-24-11-10-20(18-25(24)37-5-2)12-13-30-28(35)21(19-29)26-27(34-16-14-33(3)15-17-34)32-23-9-7-6-8-22(23)31-26/h6-11,18,21H,4-5,12-17H2,1-3H3,(H,30,35). The Kier molecular flexibility index (Phi) is 8.75. The van der Waals surface area contributed by atoms with E-state index in [-0.39, 0.29) is 5.91 Å². The van der Waals surface area contributed by atoms with Gasteiger partial charge in [-0.05, 0) is 57.1 Å². The van der Waals surface area contributed by atoms with Gasteiger partial charge in [0.2, 0.25) is 5.91 Å². The van der Waals surface area contributed by atoms with E-state index in [1.807, 2.05) is 56.3 Å². The lowest BCUT2D eigenvalue weighted by atomic mass is 10.0. The molecular weight excluding hydrogens is 468 g/mol. The predicted octanol–water partition coefficient (Wildman–Crippen LogP) is 3.15. The summed E-state index contributed by atoms with van der Waals surface area (Å²) in [6, 6.07) is 15.5. The van der Waals surface area contributed by atoms with Gasteiger partial charge in [-0.25, -0.2) is 9.97 Å². The molecule has 1 amide bonds. The first-order valence-electron chi connectivity index (χ1n) is 12.8. The topological polar surface area (TPSA) is 104 Å². The SMILES string of the molecule is CCOc1ccc(CCNC(=O)C(C#N)c2nc3ccccc3nc2N2CCN(C)CC2)cc1OCC. The van der Waals surface area contributed by atoms with Crippen molar-refractivity contribution in [3.8, 4) is 17.6 Å². The van der Waals surface area contributed by atoms with Crippen molar-refractivity contribution in [2.45, 2.75) is 26.2 Å². The Morgan fingerprint density at radius 2 is 1.70 bits per heavy atom. The van der Waals surface area contributed by atoms with Gasteiger partial charge in [-0.2, -0.15) is 5.26 Å². The van der Waals surface area contributed by atoms with Crippen molar-refractivity contribution in [2.24, 2.45) is 0 Å². The quantitative estimate of drug-likeness (QED) is 0.451. The van der Waals surface area contributed by atoms with Crippen molar-refractivity contribution in [3.63, 3.8) is 0 Å². The number of benzene rings is 2. The fourth-order valence-corrected chi connectivity index (χ4v) is 4.38. The summed E-state index contributed by atoms with van der Waals surface area (Å²) in [5.41, 5.74) is 2.83. The number of carbonyl (C=O) groups is 1. The largest absolute Gasteiger partial charge is 0.490 e. The van der Waals surface area contributed by atoms with E-state index in [4.69, 9.17) is 19.4 Å². The van der Waals surface area contributed by atoms with Crippen LogP contribution in [0.4, 0.5) is 5.82 Å². The molecule has 0 aliphatic carbocycles. The van der Waals surface area contributed by atoms with Crippen LogP contribution in [0.15, 0.2) is 42.5 Å². The molecule has 0 spiro atoms. The zero-order chi connectivity index (χ0) is 26.2. The van der Waals surface area contributed by atoms with Crippen molar-refractivity contribution in [3.05, 3.63) is 53.7 Å². The maximum atomic E-state index is 13.2. The highest BCUT2D eigenvalue weighted by atomic mass is 16.5. The van der Waals surface area contributed by atoms with E-state index < -0.39 is 5.92 Å². The van der Waals surface area contributed by atoms with Crippen LogP contribution < -0.4 is 19.7 Å². The maximum Gasteiger partial charge on any atom is 0.243 e. The third-order valence-electron chi connectivity index (χ3n) is 6.37. The first-order chi connectivity index (χ1) is 18.0. The minimum atomic E-state index is -1.06. The van der Waals surface area contributed by atoms with E-state index in [1.165, 1.54) is 0 Å². The molecule has 194 valence electrons. The average Bonchev–Trinajstić information content (AvgIpc) is 2.91. The van der Waals surface area contributed by atoms with E-state index in [9.17, 15) is 10.1 Å². The molecule has 1 N–H and O–H groups in total. The summed E-state index contributed by atoms with van der Waals surface area (Å²) in [5, 5.41) is 13.0. The van der Waals surface area contributed by atoms with E-state index in [1.54, 1.807) is 0 Å². The Hall–Kier alpha value is -3.90. The molecule has 1 aliphatic rings. The van der Waals surface area contributed by atoms with Crippen molar-refractivity contribution < 1.29 is 14.3 Å². The van der Waals surface area contributed by atoms with Crippen LogP contribution in [0.25, 0.3) is 11.0 Å². The summed E-state index contributed by atoms with van der Waals surface area (Å²) in [4.78, 5) is 27.2. The number of nitriles is 1. The molecule has 9 heteroatoms. The highest BCUT2D eigenvalue weighted by Gasteiger charge is 2.29. The van der Waals surface area contributed by atoms with Crippen molar-refractivity contribution >= 4 is 22.8 Å². The molecule has 1 aromatic heterocycles. The van der Waals surface area contributed by atoms with Gasteiger partial charge in [0.15, 0.2) is 23.2 Å². The molecule has 1 saturated heterocycles. The number of likely N-dealkylation sites (N-methyl/N-ethyl adjacent to an activating group) is 1. The number of hydrogen-bond donors (Lipinski definition) is 1. The lowest BCUT2D eigenvalue weighted by molar-refractivity contribution is -0.121. The Balaban J connectivity index is 1.51. The molecule has 37 heavy (non-hydrogen) atoms. The van der Waals surface area contributed by atoms with E-state index >= 15 is 0 Å². The molecule has 1 atom stereocenters. The second kappa shape index (κ2) is 12.4. The van der Waals surface area contributed by atoms with Crippen LogP contribution >= 0.6 is 0 Å². The molecule has 0 saturated carbocycles. The van der Waals surface area contributed by atoms with E-state index in [0.29, 0.717) is 54.7 Å². The third kappa shape index (κ3) is 6.27. The molecule has 1 fully saturated rings. The second-order valence-electron chi connectivity index (χ2n) is 8.96. The minimum absolute atomic E-state index is 0.376. The summed E-state index contributed by atoms with van der Waals surface area (Å²) in [5.74, 6) is 0.560. The Labute approximate surface area is 218 Å². The molecular formula is C28H34N6O3. The highest BCUT2D eigenvalue weighted by Crippen LogP contribution is 2.30. The maximum absolute atomic E-state index is 13.2. The zero-order valence-electron chi connectivity index (χ0n) is 21.7. The van der Waals surface area contributed by atoms with Gasteiger partial charge in [0, 0.05) is 32.7 Å². The summed E-state index contributed by atoms with van der Waals surface area (Å²) < 4.78 is 11.3. The molecule has 1 unspecified atom stereocenters. The van der Waals surface area contributed by atoms with Gasteiger partial charge in [0.05, 0.1) is 30.3 Å². The normalized spacial score (nSPS) is 14.7. The Morgan fingerprint density at radius 3 is 2.38 bits per heavy atom. The number of amides is 1. The summed E-state index contributed by atoms with van der Waals surface area (Å²) >= 11 is 0. The van der Waals surface area contributed by atoms with Gasteiger partial charge in [0.25, 0.3) is 0 Å². The lowest BCUT2D eigenvalue weighted by Gasteiger charge is -2.34. The first-order valence-corrected chi connectivity index (χ1v) is 12.8. The van der Waals surface area contributed by atoms with Gasteiger partial charge in [0.1, 0.15) is 5.69 Å². The van der Waals surface area contributed by atoms with Crippen LogP contribution in [0.1, 0.15) is 31.0 Å². The van der Waals surface area contributed by atoms with Crippen molar-refractivity contribution in [2.75, 3.05) is 57.9 Å². The number of anilines is 1. The average molecular weight is 503 g/mol. The fourth-order valence-electron chi connectivity index (χ4n) is 4.38. The molecule has 3 aromatic rings. The Morgan fingerprint density at radius 1 is 1.03 bits per heavy atom. The second-order valence-corrected chi connectivity index (χ2v) is 8.96. The van der Waals surface area contributed by atoms with Gasteiger partial charge < -0.3 is 24.6 Å². The van der Waals surface area contributed by atoms with E-state index in [2.05, 4.69) is 28.2 Å². The lowest BCUT2D eigenvalue weighted by Crippen LogP contribution is -2.45. The van der Waals surface area contributed by atoms with Crippen LogP contribution in [-0.2, 0) is 11.2 Å². The molecule has 1 aliphatic heterocycles. The highest BCUT2D eigenvalue weighted by molar-refractivity contribution is 5.88. The summed E-state index contributed by atoms with van der Waals surface area (Å²) in [7, 11) is 2.08. The predicted molar refractivity (Wildman–Crippen MR) is 143 cm³/mol. The number of rotatable bonds is 10. The number of piperazine rings is 1. The number of nitrogens with zero attached hydrogens (tertiary/aromatic N) is 5. The van der Waals surface area contributed by atoms with E-state index in [0.717, 1.165) is 37.3 Å². The monoisotopic (exact) mass is 502 g/mol. The molecule has 0 radical (unpaired) electrons. The van der Waals surface area contributed by atoms with Gasteiger partial charge in [-0.1, -0.05) is 18.2 Å². The number of ether oxygens (including phenoxy) is 2. The van der Waals surface area contributed by atoms with Crippen LogP contribution in [-0.4, -0.2) is 73.8 Å². The number of fused-ring (bicyclic) bond motifs is 1. The molecule has 4 rings (SSSR count). The summed E-state index contributed by atoms with van der Waals surface area (Å²) in [6.45, 7) is 8.60. The number of carbonyl (C=O) groups excluding carboxylic acids is 1. The first kappa shape index (κ1) is 26.2. The fraction of sp³-hybridized carbons (Fsp3) is 0.429. The number of hydrogen-bond acceptors (Lipinski definition) is 8. The molecule has 9 nitrogen and oxygen atoms in total. The number of aromatic nitrogens is 2. The summed E-state index contributed by atoms with van der Waals surface area (Å²) in [6.07, 6.45) is 0.588. The zero-order valence-corrected chi connectivity index (χ0v) is 21.7. The Bertz CT molecular complexity index is 1270. The van der Waals surface area contributed by atoms with Crippen LogP contribution in [0.5, 0.6) is 11.5 Å². The molecule has 0 bridgehead atoms. The van der Waals surface area contributed by atoms with Crippen LogP contribution in [0, 0.1) is 11.3 Å². The molecule has 2 aromatic carbocycles. The van der Waals surface area contributed by atoms with Crippen LogP contribution in [0.3, 0.4) is 0 Å². The number of para-hydroxylation sites is 2. The van der Waals surface area contributed by atoms with Crippen molar-refractivity contribution in [1.29, 1.82) is 5.26 Å². The van der Waals surface area contributed by atoms with Gasteiger partial charge in [-0.3, -0.25) is 4.79 Å². The van der Waals surface area contributed by atoms with Gasteiger partial charge in [-0.15, -0.1) is 0 Å². The number of nitrogens with one attached hydrogen (secondary N) is 1. The third-order valence-corrected chi connectivity index (χ3v) is 6.37.